The molecule has 0 spiro atoms. The third-order valence-electron chi connectivity index (χ3n) is 3.09. The highest BCUT2D eigenvalue weighted by molar-refractivity contribution is 6.08. The lowest BCUT2D eigenvalue weighted by Crippen LogP contribution is -2.04. The molecule has 0 atom stereocenters. The predicted molar refractivity (Wildman–Crippen MR) is 85.3 cm³/mol. The van der Waals surface area contributed by atoms with E-state index in [0.717, 1.165) is 36.8 Å². The van der Waals surface area contributed by atoms with Gasteiger partial charge in [0.1, 0.15) is 0 Å². The molecule has 3 nitrogen and oxygen atoms in total. The number of hydrogen-bond donors (Lipinski definition) is 0. The van der Waals surface area contributed by atoms with E-state index in [2.05, 4.69) is 0 Å². The van der Waals surface area contributed by atoms with Gasteiger partial charge < -0.3 is 9.80 Å². The second kappa shape index (κ2) is 8.41. The van der Waals surface area contributed by atoms with Gasteiger partial charge in [-0.3, -0.25) is 4.79 Å². The molecule has 0 N–H and O–H groups in total. The van der Waals surface area contributed by atoms with E-state index in [4.69, 9.17) is 0 Å². The van der Waals surface area contributed by atoms with Crippen molar-refractivity contribution >= 4 is 5.78 Å². The van der Waals surface area contributed by atoms with E-state index >= 15 is 0 Å². The van der Waals surface area contributed by atoms with Gasteiger partial charge in [-0.1, -0.05) is 12.2 Å². The van der Waals surface area contributed by atoms with Gasteiger partial charge in [0.05, 0.1) is 0 Å². The minimum atomic E-state index is 0.203. The first-order valence-corrected chi connectivity index (χ1v) is 7.13. The average Bonchev–Trinajstić information content (AvgIpc) is 2.53. The first-order chi connectivity index (χ1) is 9.50. The largest absolute Gasteiger partial charge is 0.383 e. The van der Waals surface area contributed by atoms with Crippen LogP contribution in [0.3, 0.4) is 0 Å². The molecule has 20 heavy (non-hydrogen) atoms. The molecule has 1 aliphatic rings. The van der Waals surface area contributed by atoms with Crippen LogP contribution in [-0.4, -0.2) is 43.8 Å². The molecular formula is C17H26N2O. The van der Waals surface area contributed by atoms with E-state index in [1.54, 1.807) is 0 Å². The molecule has 1 fully saturated rings. The molecule has 1 rings (SSSR count). The first-order valence-electron chi connectivity index (χ1n) is 7.13. The maximum Gasteiger partial charge on any atom is 0.184 e. The number of ketones is 1. The van der Waals surface area contributed by atoms with Crippen molar-refractivity contribution in [2.45, 2.75) is 25.7 Å². The predicted octanol–water partition coefficient (Wildman–Crippen LogP) is 3.13. The Kier molecular flexibility index (Phi) is 6.85. The summed E-state index contributed by atoms with van der Waals surface area (Å²) in [5.74, 6) is 0.203. The van der Waals surface area contributed by atoms with Crippen molar-refractivity contribution in [1.29, 1.82) is 0 Å². The van der Waals surface area contributed by atoms with E-state index < -0.39 is 0 Å². The maximum atomic E-state index is 12.5. The lowest BCUT2D eigenvalue weighted by Gasteiger charge is -2.05. The van der Waals surface area contributed by atoms with E-state index in [9.17, 15) is 4.79 Å². The van der Waals surface area contributed by atoms with Crippen molar-refractivity contribution in [3.63, 3.8) is 0 Å². The van der Waals surface area contributed by atoms with Crippen LogP contribution in [0.15, 0.2) is 47.9 Å². The Morgan fingerprint density at radius 2 is 1.20 bits per heavy atom. The van der Waals surface area contributed by atoms with Crippen molar-refractivity contribution in [2.24, 2.45) is 0 Å². The molecule has 0 aromatic rings. The van der Waals surface area contributed by atoms with Crippen LogP contribution in [0.1, 0.15) is 25.7 Å². The SMILES string of the molecule is CN(C)C=CC=C1CCCCC(=CC=CN(C)C)C1=O. The van der Waals surface area contributed by atoms with Crippen LogP contribution >= 0.6 is 0 Å². The summed E-state index contributed by atoms with van der Waals surface area (Å²) < 4.78 is 0. The maximum absolute atomic E-state index is 12.5. The second-order valence-electron chi connectivity index (χ2n) is 5.53. The van der Waals surface area contributed by atoms with Crippen molar-refractivity contribution < 1.29 is 4.79 Å². The van der Waals surface area contributed by atoms with Crippen LogP contribution < -0.4 is 0 Å². The van der Waals surface area contributed by atoms with E-state index in [1.165, 1.54) is 0 Å². The van der Waals surface area contributed by atoms with Gasteiger partial charge in [0.25, 0.3) is 0 Å². The number of nitrogens with zero attached hydrogens (tertiary/aromatic N) is 2. The number of carbonyl (C=O) groups is 1. The highest BCUT2D eigenvalue weighted by Crippen LogP contribution is 2.23. The summed E-state index contributed by atoms with van der Waals surface area (Å²) in [5, 5.41) is 0. The number of allylic oxidation sites excluding steroid dienone is 6. The lowest BCUT2D eigenvalue weighted by atomic mass is 10.0. The molecular weight excluding hydrogens is 248 g/mol. The topological polar surface area (TPSA) is 23.6 Å². The molecule has 1 aliphatic carbocycles. The van der Waals surface area contributed by atoms with Gasteiger partial charge in [-0.05, 0) is 61.4 Å². The molecule has 0 saturated heterocycles. The highest BCUT2D eigenvalue weighted by Gasteiger charge is 2.17. The summed E-state index contributed by atoms with van der Waals surface area (Å²) in [5.41, 5.74) is 1.84. The molecule has 0 aromatic carbocycles. The van der Waals surface area contributed by atoms with Crippen LogP contribution in [0.25, 0.3) is 0 Å². The highest BCUT2D eigenvalue weighted by atomic mass is 16.1. The molecule has 1 saturated carbocycles. The fourth-order valence-electron chi connectivity index (χ4n) is 2.04. The summed E-state index contributed by atoms with van der Waals surface area (Å²) in [7, 11) is 7.89. The van der Waals surface area contributed by atoms with Crippen molar-refractivity contribution in [3.05, 3.63) is 47.9 Å². The fraction of sp³-hybridized carbons (Fsp3) is 0.471. The van der Waals surface area contributed by atoms with Crippen molar-refractivity contribution in [1.82, 2.24) is 9.80 Å². The zero-order valence-corrected chi connectivity index (χ0v) is 13.1. The van der Waals surface area contributed by atoms with Gasteiger partial charge in [0.15, 0.2) is 5.78 Å². The zero-order chi connectivity index (χ0) is 15.0. The summed E-state index contributed by atoms with van der Waals surface area (Å²) in [6.07, 6.45) is 15.7. The van der Waals surface area contributed by atoms with E-state index in [1.807, 2.05) is 74.7 Å². The first kappa shape index (κ1) is 16.3. The Balaban J connectivity index is 2.85. The Hall–Kier alpha value is -1.77. The van der Waals surface area contributed by atoms with Crippen LogP contribution in [-0.2, 0) is 4.79 Å². The monoisotopic (exact) mass is 274 g/mol. The average molecular weight is 274 g/mol. The van der Waals surface area contributed by atoms with Gasteiger partial charge in [-0.15, -0.1) is 0 Å². The summed E-state index contributed by atoms with van der Waals surface area (Å²) in [6.45, 7) is 0. The minimum absolute atomic E-state index is 0.203. The van der Waals surface area contributed by atoms with Crippen LogP contribution in [0.2, 0.25) is 0 Å². The van der Waals surface area contributed by atoms with Gasteiger partial charge in [-0.2, -0.15) is 0 Å². The van der Waals surface area contributed by atoms with Gasteiger partial charge >= 0.3 is 0 Å². The lowest BCUT2D eigenvalue weighted by molar-refractivity contribution is -0.112. The minimum Gasteiger partial charge on any atom is -0.383 e. The Bertz CT molecular complexity index is 400. The summed E-state index contributed by atoms with van der Waals surface area (Å²) in [4.78, 5) is 16.4. The van der Waals surface area contributed by atoms with Crippen molar-refractivity contribution in [2.75, 3.05) is 28.2 Å². The Morgan fingerprint density at radius 1 is 0.800 bits per heavy atom. The molecule has 0 amide bonds. The van der Waals surface area contributed by atoms with Crippen LogP contribution in [0, 0.1) is 0 Å². The van der Waals surface area contributed by atoms with E-state index in [-0.39, 0.29) is 5.78 Å². The number of rotatable bonds is 4. The molecule has 0 heterocycles. The molecule has 0 radical (unpaired) electrons. The van der Waals surface area contributed by atoms with Gasteiger partial charge in [0.2, 0.25) is 0 Å². The number of Topliss-reactive ketones (excluding diaryl/α,β-unsaturated/α-hetero) is 1. The smallest absolute Gasteiger partial charge is 0.184 e. The van der Waals surface area contributed by atoms with Crippen LogP contribution in [0.4, 0.5) is 0 Å². The quantitative estimate of drug-likeness (QED) is 0.581. The molecule has 0 unspecified atom stereocenters. The molecule has 0 aliphatic heterocycles. The van der Waals surface area contributed by atoms with Gasteiger partial charge in [0, 0.05) is 28.2 Å². The number of hydrogen-bond acceptors (Lipinski definition) is 3. The number of carbonyl (C=O) groups excluding carboxylic acids is 1. The second-order valence-corrected chi connectivity index (χ2v) is 5.53. The Labute approximate surface area is 122 Å². The normalized spacial score (nSPS) is 21.1. The molecule has 0 bridgehead atoms. The summed E-state index contributed by atoms with van der Waals surface area (Å²) >= 11 is 0. The standard InChI is InChI=1S/C17H26N2O/c1-18(2)13-7-11-15-9-5-6-10-16(17(15)20)12-8-14-19(3)4/h7-8,11-14H,5-6,9-10H2,1-4H3. The summed E-state index contributed by atoms with van der Waals surface area (Å²) in [6, 6.07) is 0. The zero-order valence-electron chi connectivity index (χ0n) is 13.1. The van der Waals surface area contributed by atoms with E-state index in [0.29, 0.717) is 0 Å². The van der Waals surface area contributed by atoms with Crippen molar-refractivity contribution in [3.8, 4) is 0 Å². The Morgan fingerprint density at radius 3 is 1.55 bits per heavy atom. The third kappa shape index (κ3) is 5.91. The molecule has 110 valence electrons. The van der Waals surface area contributed by atoms with Crippen LogP contribution in [0.5, 0.6) is 0 Å². The molecule has 0 aromatic heterocycles. The van der Waals surface area contributed by atoms with Gasteiger partial charge in [-0.25, -0.2) is 0 Å². The molecule has 3 heteroatoms. The third-order valence-corrected chi connectivity index (χ3v) is 3.09. The fourth-order valence-corrected chi connectivity index (χ4v) is 2.04.